The molecule has 1 aliphatic heterocycles. The lowest BCUT2D eigenvalue weighted by Gasteiger charge is -2.33. The van der Waals surface area contributed by atoms with Crippen LogP contribution >= 0.6 is 11.6 Å². The zero-order valence-corrected chi connectivity index (χ0v) is 8.87. The van der Waals surface area contributed by atoms with Crippen molar-refractivity contribution >= 4 is 23.0 Å². The Hall–Kier alpha value is -0.890. The molecular formula is C11H15ClN2. The van der Waals surface area contributed by atoms with Gasteiger partial charge in [0.05, 0.1) is 0 Å². The van der Waals surface area contributed by atoms with E-state index in [1.165, 1.54) is 18.5 Å². The van der Waals surface area contributed by atoms with Crippen LogP contribution in [-0.2, 0) is 0 Å². The van der Waals surface area contributed by atoms with E-state index in [4.69, 9.17) is 17.3 Å². The third kappa shape index (κ3) is 1.95. The van der Waals surface area contributed by atoms with E-state index in [1.807, 2.05) is 24.3 Å². The average Bonchev–Trinajstić information content (AvgIpc) is 2.20. The number of nitrogen functional groups attached to an aromatic ring is 1. The minimum absolute atomic E-state index is 0.146. The molecule has 14 heavy (non-hydrogen) atoms. The summed E-state index contributed by atoms with van der Waals surface area (Å²) in [5, 5.41) is 0. The SMILES string of the molecule is Nc1ccc(N2CCCCC2Cl)cc1. The Morgan fingerprint density at radius 1 is 1.21 bits per heavy atom. The van der Waals surface area contributed by atoms with Crippen molar-refractivity contribution in [3.63, 3.8) is 0 Å². The largest absolute Gasteiger partial charge is 0.399 e. The standard InChI is InChI=1S/C11H15ClN2/c12-11-3-1-2-8-14(11)10-6-4-9(13)5-7-10/h4-7,11H,1-3,8,13H2. The summed E-state index contributed by atoms with van der Waals surface area (Å²) in [5.41, 5.74) is 7.77. The van der Waals surface area contributed by atoms with Crippen LogP contribution in [-0.4, -0.2) is 12.0 Å². The maximum absolute atomic E-state index is 6.25. The van der Waals surface area contributed by atoms with Crippen molar-refractivity contribution < 1.29 is 0 Å². The Morgan fingerprint density at radius 3 is 2.57 bits per heavy atom. The molecule has 2 nitrogen and oxygen atoms in total. The number of nitrogens with zero attached hydrogens (tertiary/aromatic N) is 1. The Bertz CT molecular complexity index is 297. The first kappa shape index (κ1) is 9.66. The van der Waals surface area contributed by atoms with Gasteiger partial charge < -0.3 is 10.6 Å². The number of benzene rings is 1. The normalized spacial score (nSPS) is 22.4. The number of nitrogens with two attached hydrogens (primary N) is 1. The summed E-state index contributed by atoms with van der Waals surface area (Å²) < 4.78 is 0. The molecular weight excluding hydrogens is 196 g/mol. The van der Waals surface area contributed by atoms with Crippen LogP contribution in [0.15, 0.2) is 24.3 Å². The molecule has 0 saturated carbocycles. The molecule has 0 radical (unpaired) electrons. The highest BCUT2D eigenvalue weighted by Crippen LogP contribution is 2.27. The lowest BCUT2D eigenvalue weighted by Crippen LogP contribution is -2.35. The summed E-state index contributed by atoms with van der Waals surface area (Å²) in [6.07, 6.45) is 3.54. The van der Waals surface area contributed by atoms with E-state index >= 15 is 0 Å². The van der Waals surface area contributed by atoms with Gasteiger partial charge in [-0.3, -0.25) is 0 Å². The first-order valence-corrected chi connectivity index (χ1v) is 5.47. The van der Waals surface area contributed by atoms with Crippen LogP contribution in [0.2, 0.25) is 0 Å². The Morgan fingerprint density at radius 2 is 1.93 bits per heavy atom. The molecule has 2 rings (SSSR count). The van der Waals surface area contributed by atoms with E-state index < -0.39 is 0 Å². The fraction of sp³-hybridized carbons (Fsp3) is 0.455. The van der Waals surface area contributed by atoms with E-state index in [2.05, 4.69) is 4.90 Å². The van der Waals surface area contributed by atoms with Crippen molar-refractivity contribution in [1.29, 1.82) is 0 Å². The molecule has 2 N–H and O–H groups in total. The van der Waals surface area contributed by atoms with Crippen molar-refractivity contribution in [3.8, 4) is 0 Å². The summed E-state index contributed by atoms with van der Waals surface area (Å²) in [5.74, 6) is 0. The molecule has 0 bridgehead atoms. The summed E-state index contributed by atoms with van der Waals surface area (Å²) in [6, 6.07) is 7.92. The van der Waals surface area contributed by atoms with Gasteiger partial charge in [0.15, 0.2) is 0 Å². The molecule has 1 aliphatic rings. The Kier molecular flexibility index (Phi) is 2.82. The lowest BCUT2D eigenvalue weighted by molar-refractivity contribution is 0.545. The van der Waals surface area contributed by atoms with Gasteiger partial charge in [0, 0.05) is 17.9 Å². The number of hydrogen-bond acceptors (Lipinski definition) is 2. The summed E-state index contributed by atoms with van der Waals surface area (Å²) in [4.78, 5) is 2.24. The molecule has 1 heterocycles. The van der Waals surface area contributed by atoms with E-state index in [-0.39, 0.29) is 5.50 Å². The number of halogens is 1. The predicted octanol–water partition coefficient (Wildman–Crippen LogP) is 2.82. The third-order valence-electron chi connectivity index (χ3n) is 2.65. The molecule has 1 unspecified atom stereocenters. The Labute approximate surface area is 89.7 Å². The lowest BCUT2D eigenvalue weighted by atomic mass is 10.1. The van der Waals surface area contributed by atoms with Gasteiger partial charge in [-0.25, -0.2) is 0 Å². The molecule has 1 fully saturated rings. The predicted molar refractivity (Wildman–Crippen MR) is 61.7 cm³/mol. The molecule has 0 aliphatic carbocycles. The second-order valence-electron chi connectivity index (χ2n) is 3.72. The van der Waals surface area contributed by atoms with E-state index in [1.54, 1.807) is 0 Å². The number of piperidine rings is 1. The number of rotatable bonds is 1. The van der Waals surface area contributed by atoms with E-state index in [0.717, 1.165) is 18.7 Å². The minimum Gasteiger partial charge on any atom is -0.399 e. The van der Waals surface area contributed by atoms with Crippen molar-refractivity contribution in [2.75, 3.05) is 17.2 Å². The molecule has 0 amide bonds. The number of alkyl halides is 1. The van der Waals surface area contributed by atoms with Crippen molar-refractivity contribution in [3.05, 3.63) is 24.3 Å². The van der Waals surface area contributed by atoms with Crippen LogP contribution in [0.5, 0.6) is 0 Å². The fourth-order valence-corrected chi connectivity index (χ4v) is 2.21. The highest BCUT2D eigenvalue weighted by Gasteiger charge is 2.19. The van der Waals surface area contributed by atoms with Gasteiger partial charge in [-0.05, 0) is 43.5 Å². The first-order chi connectivity index (χ1) is 6.77. The molecule has 1 aromatic rings. The second kappa shape index (κ2) is 4.09. The number of hydrogen-bond donors (Lipinski definition) is 1. The first-order valence-electron chi connectivity index (χ1n) is 5.03. The molecule has 76 valence electrons. The molecule has 1 atom stereocenters. The van der Waals surface area contributed by atoms with Gasteiger partial charge in [-0.15, -0.1) is 0 Å². The summed E-state index contributed by atoms with van der Waals surface area (Å²) in [7, 11) is 0. The zero-order valence-electron chi connectivity index (χ0n) is 8.12. The fourth-order valence-electron chi connectivity index (χ4n) is 1.85. The third-order valence-corrected chi connectivity index (χ3v) is 3.11. The van der Waals surface area contributed by atoms with Crippen LogP contribution in [0.4, 0.5) is 11.4 Å². The maximum atomic E-state index is 6.25. The van der Waals surface area contributed by atoms with Crippen molar-refractivity contribution in [2.45, 2.75) is 24.8 Å². The van der Waals surface area contributed by atoms with Gasteiger partial charge in [0.1, 0.15) is 5.50 Å². The Balaban J connectivity index is 2.16. The van der Waals surface area contributed by atoms with Gasteiger partial charge in [0.25, 0.3) is 0 Å². The van der Waals surface area contributed by atoms with Crippen LogP contribution in [0.25, 0.3) is 0 Å². The van der Waals surface area contributed by atoms with Gasteiger partial charge in [0.2, 0.25) is 0 Å². The quantitative estimate of drug-likeness (QED) is 0.439. The number of anilines is 2. The molecule has 0 spiro atoms. The zero-order chi connectivity index (χ0) is 9.97. The van der Waals surface area contributed by atoms with Crippen LogP contribution in [0.1, 0.15) is 19.3 Å². The molecule has 1 saturated heterocycles. The molecule has 1 aromatic carbocycles. The highest BCUT2D eigenvalue weighted by atomic mass is 35.5. The molecule has 0 aromatic heterocycles. The van der Waals surface area contributed by atoms with Gasteiger partial charge in [-0.2, -0.15) is 0 Å². The van der Waals surface area contributed by atoms with E-state index in [0.29, 0.717) is 0 Å². The second-order valence-corrected chi connectivity index (χ2v) is 4.22. The van der Waals surface area contributed by atoms with Crippen LogP contribution in [0, 0.1) is 0 Å². The topological polar surface area (TPSA) is 29.3 Å². The van der Waals surface area contributed by atoms with E-state index in [9.17, 15) is 0 Å². The van der Waals surface area contributed by atoms with Crippen molar-refractivity contribution in [2.24, 2.45) is 0 Å². The minimum atomic E-state index is 0.146. The molecule has 3 heteroatoms. The van der Waals surface area contributed by atoms with Gasteiger partial charge in [-0.1, -0.05) is 11.6 Å². The summed E-state index contributed by atoms with van der Waals surface area (Å²) >= 11 is 6.25. The smallest absolute Gasteiger partial charge is 0.104 e. The van der Waals surface area contributed by atoms with Crippen LogP contribution < -0.4 is 10.6 Å². The maximum Gasteiger partial charge on any atom is 0.104 e. The summed E-state index contributed by atoms with van der Waals surface area (Å²) in [6.45, 7) is 1.05. The van der Waals surface area contributed by atoms with Crippen molar-refractivity contribution in [1.82, 2.24) is 0 Å². The monoisotopic (exact) mass is 210 g/mol. The van der Waals surface area contributed by atoms with Crippen LogP contribution in [0.3, 0.4) is 0 Å². The highest BCUT2D eigenvalue weighted by molar-refractivity contribution is 6.21. The average molecular weight is 211 g/mol. The van der Waals surface area contributed by atoms with Gasteiger partial charge >= 0.3 is 0 Å².